The summed E-state index contributed by atoms with van der Waals surface area (Å²) in [5.74, 6) is -0.318. The molecule has 148 valence electrons. The normalized spacial score (nSPS) is 11.4. The van der Waals surface area contributed by atoms with Crippen molar-refractivity contribution in [1.29, 1.82) is 0 Å². The van der Waals surface area contributed by atoms with Gasteiger partial charge in [-0.05, 0) is 49.4 Å². The zero-order chi connectivity index (χ0) is 20.6. The van der Waals surface area contributed by atoms with Crippen molar-refractivity contribution in [2.45, 2.75) is 19.6 Å². The van der Waals surface area contributed by atoms with E-state index in [2.05, 4.69) is 5.32 Å². The molecule has 1 unspecified atom stereocenters. The van der Waals surface area contributed by atoms with Gasteiger partial charge in [0.05, 0.1) is 5.56 Å². The number of rotatable bonds is 7. The van der Waals surface area contributed by atoms with Crippen LogP contribution in [0, 0.1) is 0 Å². The third kappa shape index (κ3) is 5.83. The van der Waals surface area contributed by atoms with Crippen LogP contribution in [0.1, 0.15) is 22.8 Å². The van der Waals surface area contributed by atoms with Gasteiger partial charge in [0.2, 0.25) is 0 Å². The molecule has 0 heterocycles. The number of halogens is 1. The third-order valence-electron chi connectivity index (χ3n) is 4.14. The predicted molar refractivity (Wildman–Crippen MR) is 112 cm³/mol. The Balaban J connectivity index is 1.62. The highest BCUT2D eigenvalue weighted by molar-refractivity contribution is 6.30. The Bertz CT molecular complexity index is 974. The van der Waals surface area contributed by atoms with Gasteiger partial charge in [-0.3, -0.25) is 4.79 Å². The van der Waals surface area contributed by atoms with Crippen molar-refractivity contribution < 1.29 is 19.1 Å². The van der Waals surface area contributed by atoms with Crippen molar-refractivity contribution in [3.8, 4) is 5.75 Å². The zero-order valence-corrected chi connectivity index (χ0v) is 16.6. The average Bonchev–Trinajstić information content (AvgIpc) is 2.74. The monoisotopic (exact) mass is 409 g/mol. The molecule has 29 heavy (non-hydrogen) atoms. The van der Waals surface area contributed by atoms with Crippen molar-refractivity contribution >= 4 is 29.2 Å². The average molecular weight is 410 g/mol. The molecular weight excluding hydrogens is 390 g/mol. The molecule has 3 aromatic rings. The second-order valence-corrected chi connectivity index (χ2v) is 6.74. The van der Waals surface area contributed by atoms with Crippen molar-refractivity contribution in [3.63, 3.8) is 0 Å². The molecule has 1 N–H and O–H groups in total. The Kier molecular flexibility index (Phi) is 6.87. The van der Waals surface area contributed by atoms with Crippen molar-refractivity contribution in [1.82, 2.24) is 0 Å². The van der Waals surface area contributed by atoms with Crippen LogP contribution in [-0.2, 0) is 16.1 Å². The molecule has 0 bridgehead atoms. The number of ether oxygens (including phenoxy) is 2. The molecule has 0 aliphatic heterocycles. The lowest BCUT2D eigenvalue weighted by Crippen LogP contribution is -2.30. The van der Waals surface area contributed by atoms with Gasteiger partial charge < -0.3 is 14.8 Å². The molecular formula is C23H20ClNO4. The summed E-state index contributed by atoms with van der Waals surface area (Å²) in [5.41, 5.74) is 1.60. The van der Waals surface area contributed by atoms with E-state index in [1.54, 1.807) is 42.5 Å². The van der Waals surface area contributed by atoms with Crippen LogP contribution >= 0.6 is 11.6 Å². The second kappa shape index (κ2) is 9.75. The highest BCUT2D eigenvalue weighted by Crippen LogP contribution is 2.17. The van der Waals surface area contributed by atoms with Crippen LogP contribution in [0.5, 0.6) is 5.75 Å². The van der Waals surface area contributed by atoms with E-state index >= 15 is 0 Å². The van der Waals surface area contributed by atoms with E-state index in [0.29, 0.717) is 27.6 Å². The number of carbonyl (C=O) groups excluding carboxylic acids is 2. The fourth-order valence-electron chi connectivity index (χ4n) is 2.58. The number of para-hydroxylation sites is 1. The van der Waals surface area contributed by atoms with Crippen LogP contribution in [0.25, 0.3) is 0 Å². The summed E-state index contributed by atoms with van der Waals surface area (Å²) < 4.78 is 11.1. The van der Waals surface area contributed by atoms with E-state index in [-0.39, 0.29) is 6.61 Å². The number of benzene rings is 3. The van der Waals surface area contributed by atoms with Crippen molar-refractivity contribution in [3.05, 3.63) is 95.0 Å². The number of nitrogens with one attached hydrogen (secondary N) is 1. The topological polar surface area (TPSA) is 64.6 Å². The lowest BCUT2D eigenvalue weighted by atomic mass is 10.1. The van der Waals surface area contributed by atoms with Gasteiger partial charge in [0.1, 0.15) is 12.4 Å². The summed E-state index contributed by atoms with van der Waals surface area (Å²) in [5, 5.41) is 3.25. The van der Waals surface area contributed by atoms with Gasteiger partial charge in [-0.1, -0.05) is 48.0 Å². The van der Waals surface area contributed by atoms with Gasteiger partial charge in [0.25, 0.3) is 5.91 Å². The molecule has 0 aromatic heterocycles. The smallest absolute Gasteiger partial charge is 0.339 e. The molecule has 6 heteroatoms. The summed E-state index contributed by atoms with van der Waals surface area (Å²) in [7, 11) is 0. The van der Waals surface area contributed by atoms with E-state index in [1.165, 1.54) is 6.92 Å². The van der Waals surface area contributed by atoms with Crippen molar-refractivity contribution in [2.75, 3.05) is 5.32 Å². The van der Waals surface area contributed by atoms with E-state index in [1.807, 2.05) is 36.4 Å². The molecule has 5 nitrogen and oxygen atoms in total. The SMILES string of the molecule is CC(OC(=O)c1ccccc1COc1ccccc1)C(=O)Nc1ccc(Cl)cc1. The summed E-state index contributed by atoms with van der Waals surface area (Å²) in [6.45, 7) is 1.73. The van der Waals surface area contributed by atoms with Crippen LogP contribution in [-0.4, -0.2) is 18.0 Å². The van der Waals surface area contributed by atoms with Gasteiger partial charge in [-0.2, -0.15) is 0 Å². The molecule has 1 amide bonds. The molecule has 3 rings (SSSR count). The molecule has 0 fully saturated rings. The Morgan fingerprint density at radius 1 is 0.931 bits per heavy atom. The summed E-state index contributed by atoms with van der Waals surface area (Å²) >= 11 is 5.83. The lowest BCUT2D eigenvalue weighted by Gasteiger charge is -2.15. The highest BCUT2D eigenvalue weighted by Gasteiger charge is 2.21. The Morgan fingerprint density at radius 2 is 1.59 bits per heavy atom. The van der Waals surface area contributed by atoms with E-state index in [0.717, 1.165) is 0 Å². The largest absolute Gasteiger partial charge is 0.489 e. The quantitative estimate of drug-likeness (QED) is 0.551. The minimum absolute atomic E-state index is 0.209. The van der Waals surface area contributed by atoms with E-state index in [9.17, 15) is 9.59 Å². The number of amides is 1. The Labute approximate surface area is 174 Å². The first kappa shape index (κ1) is 20.4. The standard InChI is InChI=1S/C23H20ClNO4/c1-16(22(26)25-19-13-11-18(24)12-14-19)29-23(27)21-10-6-5-7-17(21)15-28-20-8-3-2-4-9-20/h2-14,16H,15H2,1H3,(H,25,26). The van der Waals surface area contributed by atoms with Gasteiger partial charge in [0, 0.05) is 16.3 Å². The van der Waals surface area contributed by atoms with Crippen molar-refractivity contribution in [2.24, 2.45) is 0 Å². The minimum Gasteiger partial charge on any atom is -0.489 e. The molecule has 1 atom stereocenters. The Morgan fingerprint density at radius 3 is 2.31 bits per heavy atom. The summed E-state index contributed by atoms with van der Waals surface area (Å²) in [4.78, 5) is 24.9. The molecule has 0 aliphatic carbocycles. The zero-order valence-electron chi connectivity index (χ0n) is 15.8. The number of hydrogen-bond donors (Lipinski definition) is 1. The first-order chi connectivity index (χ1) is 14.0. The lowest BCUT2D eigenvalue weighted by molar-refractivity contribution is -0.123. The van der Waals surface area contributed by atoms with Gasteiger partial charge in [-0.15, -0.1) is 0 Å². The third-order valence-corrected chi connectivity index (χ3v) is 4.39. The number of hydrogen-bond acceptors (Lipinski definition) is 4. The second-order valence-electron chi connectivity index (χ2n) is 6.30. The maximum absolute atomic E-state index is 12.6. The maximum atomic E-state index is 12.6. The number of anilines is 1. The number of carbonyl (C=O) groups is 2. The first-order valence-corrected chi connectivity index (χ1v) is 9.44. The molecule has 0 radical (unpaired) electrons. The fraction of sp³-hybridized carbons (Fsp3) is 0.130. The predicted octanol–water partition coefficient (Wildman–Crippen LogP) is 5.10. The molecule has 0 saturated carbocycles. The maximum Gasteiger partial charge on any atom is 0.339 e. The molecule has 0 spiro atoms. The highest BCUT2D eigenvalue weighted by atomic mass is 35.5. The van der Waals surface area contributed by atoms with Gasteiger partial charge in [0.15, 0.2) is 6.10 Å². The minimum atomic E-state index is -0.971. The van der Waals surface area contributed by atoms with Crippen LogP contribution < -0.4 is 10.1 Å². The summed E-state index contributed by atoms with van der Waals surface area (Å²) in [6.07, 6.45) is -0.971. The van der Waals surface area contributed by atoms with E-state index < -0.39 is 18.0 Å². The first-order valence-electron chi connectivity index (χ1n) is 9.06. The van der Waals surface area contributed by atoms with Crippen LogP contribution in [0.4, 0.5) is 5.69 Å². The van der Waals surface area contributed by atoms with E-state index in [4.69, 9.17) is 21.1 Å². The van der Waals surface area contributed by atoms with Gasteiger partial charge >= 0.3 is 5.97 Å². The number of esters is 1. The summed E-state index contributed by atoms with van der Waals surface area (Å²) in [6, 6.07) is 23.0. The van der Waals surface area contributed by atoms with Crippen LogP contribution in [0.15, 0.2) is 78.9 Å². The molecule has 3 aromatic carbocycles. The fourth-order valence-corrected chi connectivity index (χ4v) is 2.70. The Hall–Kier alpha value is -3.31. The van der Waals surface area contributed by atoms with Gasteiger partial charge in [-0.25, -0.2) is 4.79 Å². The molecule has 0 aliphatic rings. The van der Waals surface area contributed by atoms with Crippen LogP contribution in [0.3, 0.4) is 0 Å². The van der Waals surface area contributed by atoms with Crippen LogP contribution in [0.2, 0.25) is 5.02 Å². The molecule has 0 saturated heterocycles.